The van der Waals surface area contributed by atoms with Gasteiger partial charge in [-0.2, -0.15) is 0 Å². The first-order valence-electron chi connectivity index (χ1n) is 14.6. The lowest BCUT2D eigenvalue weighted by atomic mass is 9.94. The van der Waals surface area contributed by atoms with E-state index in [9.17, 15) is 29.9 Å². The number of aliphatic hydroxyl groups excluding tert-OH is 2. The number of nitrogen functional groups attached to an aromatic ring is 1. The van der Waals surface area contributed by atoms with Gasteiger partial charge in [-0.05, 0) is 55.2 Å². The highest BCUT2D eigenvalue weighted by atomic mass is 16.6. The second-order valence-electron chi connectivity index (χ2n) is 11.4. The average Bonchev–Trinajstić information content (AvgIpc) is 3.67. The van der Waals surface area contributed by atoms with Crippen molar-refractivity contribution in [2.45, 2.75) is 69.3 Å². The molecule has 6 rings (SSSR count). The fraction of sp³-hybridized carbons (Fsp3) is 0.483. The van der Waals surface area contributed by atoms with E-state index in [4.69, 9.17) is 15.2 Å². The zero-order valence-corrected chi connectivity index (χ0v) is 24.1. The summed E-state index contributed by atoms with van der Waals surface area (Å²) in [5.74, 6) is 6.01. The van der Waals surface area contributed by atoms with Crippen LogP contribution < -0.4 is 11.1 Å². The van der Waals surface area contributed by atoms with E-state index in [2.05, 4.69) is 32.1 Å². The summed E-state index contributed by atoms with van der Waals surface area (Å²) in [4.78, 5) is 49.9. The summed E-state index contributed by atoms with van der Waals surface area (Å²) >= 11 is 0. The summed E-state index contributed by atoms with van der Waals surface area (Å²) in [6, 6.07) is 5.92. The molecule has 16 nitrogen and oxygen atoms in total. The smallest absolute Gasteiger partial charge is 0.410 e. The van der Waals surface area contributed by atoms with Gasteiger partial charge in [-0.25, -0.2) is 19.7 Å². The molecule has 1 aliphatic carbocycles. The second-order valence-corrected chi connectivity index (χ2v) is 11.4. The molecule has 45 heavy (non-hydrogen) atoms. The fourth-order valence-electron chi connectivity index (χ4n) is 5.34. The lowest BCUT2D eigenvalue weighted by molar-refractivity contribution is -0.384. The molecule has 236 valence electrons. The normalized spacial score (nSPS) is 23.4. The first kappa shape index (κ1) is 30.2. The van der Waals surface area contributed by atoms with Gasteiger partial charge < -0.3 is 35.6 Å². The number of carbonyl (C=O) groups excluding carboxylic acids is 2. The summed E-state index contributed by atoms with van der Waals surface area (Å²) in [5.41, 5.74) is 7.26. The van der Waals surface area contributed by atoms with Gasteiger partial charge in [-0.1, -0.05) is 5.92 Å². The number of aliphatic hydroxyl groups is 2. The molecule has 1 aromatic carbocycles. The SMILES string of the molecule is Nc1nc(C#CCC2CCN(C(=O)OCc3ccc([N+](=O)[O-])cc3)CC2)nc2c1ncn2[C@@H]1O[C@H](C(=O)NC2CC2)[C@H](O)[C@@H]1O. The Morgan fingerprint density at radius 3 is 2.56 bits per heavy atom. The molecule has 4 atom stereocenters. The highest BCUT2D eigenvalue weighted by molar-refractivity contribution is 5.83. The molecule has 0 unspecified atom stereocenters. The number of ether oxygens (including phenoxy) is 2. The van der Waals surface area contributed by atoms with E-state index in [0.717, 1.165) is 25.7 Å². The zero-order chi connectivity index (χ0) is 31.7. The van der Waals surface area contributed by atoms with Crippen LogP contribution in [0.25, 0.3) is 11.2 Å². The third-order valence-corrected chi connectivity index (χ3v) is 8.12. The van der Waals surface area contributed by atoms with Crippen LogP contribution in [0.2, 0.25) is 0 Å². The van der Waals surface area contributed by atoms with Crippen LogP contribution in [0.5, 0.6) is 0 Å². The topological polar surface area (TPSA) is 221 Å². The number of nitrogens with two attached hydrogens (primary N) is 1. The van der Waals surface area contributed by atoms with Gasteiger partial charge in [0, 0.05) is 37.7 Å². The average molecular weight is 621 g/mol. The standard InChI is InChI=1S/C29H32N8O8/c30-25-21-26(36(15-31-21)28-23(39)22(38)24(45-28)27(40)32-18-6-7-18)34-20(33-25)3-1-2-16-10-12-35(13-11-16)29(41)44-14-17-4-8-19(9-5-17)37(42)43/h4-5,8-9,15-16,18,22-24,28,38-39H,2,6-7,10-14H2,(H,32,40)(H2,30,33,34)/t22-,23+,24+,28-/m1/s1. The number of nitro groups is 1. The van der Waals surface area contributed by atoms with Crippen LogP contribution in [0, 0.1) is 27.9 Å². The van der Waals surface area contributed by atoms with Crippen molar-refractivity contribution in [1.29, 1.82) is 0 Å². The second kappa shape index (κ2) is 12.6. The number of fused-ring (bicyclic) bond motifs is 1. The molecule has 0 radical (unpaired) electrons. The summed E-state index contributed by atoms with van der Waals surface area (Å²) in [7, 11) is 0. The predicted molar refractivity (Wildman–Crippen MR) is 156 cm³/mol. The summed E-state index contributed by atoms with van der Waals surface area (Å²) in [5, 5.41) is 34.7. The minimum absolute atomic E-state index is 0.0252. The molecule has 1 saturated carbocycles. The summed E-state index contributed by atoms with van der Waals surface area (Å²) < 4.78 is 12.5. The Hall–Kier alpha value is -4.85. The first-order chi connectivity index (χ1) is 21.7. The fourth-order valence-corrected chi connectivity index (χ4v) is 5.34. The van der Waals surface area contributed by atoms with E-state index in [1.54, 1.807) is 17.0 Å². The van der Waals surface area contributed by atoms with Crippen molar-refractivity contribution in [3.05, 3.63) is 52.1 Å². The maximum atomic E-state index is 12.5. The van der Waals surface area contributed by atoms with Crippen molar-refractivity contribution in [1.82, 2.24) is 29.7 Å². The quantitative estimate of drug-likeness (QED) is 0.165. The number of nitrogens with zero attached hydrogens (tertiary/aromatic N) is 6. The van der Waals surface area contributed by atoms with Gasteiger partial charge >= 0.3 is 6.09 Å². The van der Waals surface area contributed by atoms with E-state index in [0.29, 0.717) is 25.1 Å². The van der Waals surface area contributed by atoms with Crippen molar-refractivity contribution in [2.24, 2.45) is 5.92 Å². The number of aromatic nitrogens is 4. The highest BCUT2D eigenvalue weighted by Crippen LogP contribution is 2.33. The van der Waals surface area contributed by atoms with Gasteiger partial charge in [0.2, 0.25) is 5.82 Å². The van der Waals surface area contributed by atoms with E-state index in [1.807, 2.05) is 0 Å². The molecular formula is C29H32N8O8. The molecule has 4 heterocycles. The van der Waals surface area contributed by atoms with Gasteiger partial charge in [-0.3, -0.25) is 19.5 Å². The van der Waals surface area contributed by atoms with Crippen molar-refractivity contribution < 1.29 is 34.2 Å². The number of piperidine rings is 1. The van der Waals surface area contributed by atoms with Gasteiger partial charge in [0.05, 0.1) is 11.3 Å². The molecule has 3 aliphatic rings. The van der Waals surface area contributed by atoms with Crippen LogP contribution in [0.1, 0.15) is 49.7 Å². The first-order valence-corrected chi connectivity index (χ1v) is 14.6. The maximum absolute atomic E-state index is 12.5. The molecule has 2 aromatic heterocycles. The number of likely N-dealkylation sites (tertiary alicyclic amines) is 1. The number of rotatable bonds is 7. The molecule has 5 N–H and O–H groups in total. The Bertz CT molecular complexity index is 1660. The van der Waals surface area contributed by atoms with Crippen molar-refractivity contribution in [2.75, 3.05) is 18.8 Å². The molecule has 0 spiro atoms. The van der Waals surface area contributed by atoms with Crippen LogP contribution in [-0.4, -0.2) is 89.0 Å². The van der Waals surface area contributed by atoms with E-state index < -0.39 is 41.5 Å². The number of hydrogen-bond donors (Lipinski definition) is 4. The lowest BCUT2D eigenvalue weighted by Gasteiger charge is -2.30. The molecule has 0 bridgehead atoms. The lowest BCUT2D eigenvalue weighted by Crippen LogP contribution is -2.43. The molecular weight excluding hydrogens is 588 g/mol. The number of nitrogens with one attached hydrogen (secondary N) is 1. The molecule has 3 fully saturated rings. The number of hydrogen-bond acceptors (Lipinski definition) is 12. The third-order valence-electron chi connectivity index (χ3n) is 8.12. The van der Waals surface area contributed by atoms with E-state index in [-0.39, 0.29) is 47.1 Å². The van der Waals surface area contributed by atoms with E-state index >= 15 is 0 Å². The van der Waals surface area contributed by atoms with Crippen molar-refractivity contribution >= 4 is 34.7 Å². The van der Waals surface area contributed by atoms with Crippen LogP contribution in [-0.2, 0) is 20.9 Å². The van der Waals surface area contributed by atoms with Gasteiger partial charge in [0.25, 0.3) is 11.6 Å². The molecule has 16 heteroatoms. The number of carbonyl (C=O) groups is 2. The molecule has 3 aromatic rings. The molecule has 2 amide bonds. The number of anilines is 1. The van der Waals surface area contributed by atoms with Crippen LogP contribution in [0.15, 0.2) is 30.6 Å². The Morgan fingerprint density at radius 1 is 1.13 bits per heavy atom. The number of imidazole rings is 1. The minimum atomic E-state index is -1.44. The monoisotopic (exact) mass is 620 g/mol. The third kappa shape index (κ3) is 6.65. The van der Waals surface area contributed by atoms with Crippen LogP contribution in [0.3, 0.4) is 0 Å². The Balaban J connectivity index is 1.03. The Labute approximate surface area is 256 Å². The van der Waals surface area contributed by atoms with Gasteiger partial charge in [0.1, 0.15) is 24.3 Å². The number of nitro benzene ring substituents is 1. The summed E-state index contributed by atoms with van der Waals surface area (Å²) in [6.45, 7) is 1.04. The number of benzene rings is 1. The molecule has 2 aliphatic heterocycles. The maximum Gasteiger partial charge on any atom is 0.410 e. The van der Waals surface area contributed by atoms with Crippen LogP contribution >= 0.6 is 0 Å². The number of non-ortho nitro benzene ring substituents is 1. The Kier molecular flexibility index (Phi) is 8.48. The Morgan fingerprint density at radius 2 is 1.87 bits per heavy atom. The summed E-state index contributed by atoms with van der Waals surface area (Å²) in [6.07, 6.45) is -0.559. The highest BCUT2D eigenvalue weighted by Gasteiger charge is 2.48. The van der Waals surface area contributed by atoms with Crippen molar-refractivity contribution in [3.8, 4) is 11.8 Å². The van der Waals surface area contributed by atoms with Gasteiger partial charge in [0.15, 0.2) is 23.8 Å². The van der Waals surface area contributed by atoms with Gasteiger partial charge in [-0.15, -0.1) is 0 Å². The molecule has 2 saturated heterocycles. The van der Waals surface area contributed by atoms with Crippen LogP contribution in [0.4, 0.5) is 16.3 Å². The largest absolute Gasteiger partial charge is 0.445 e. The predicted octanol–water partition coefficient (Wildman–Crippen LogP) is 1.00. The minimum Gasteiger partial charge on any atom is -0.445 e. The van der Waals surface area contributed by atoms with E-state index in [1.165, 1.54) is 23.0 Å². The van der Waals surface area contributed by atoms with Crippen molar-refractivity contribution in [3.63, 3.8) is 0 Å². The zero-order valence-electron chi connectivity index (χ0n) is 24.1. The number of amides is 2.